The van der Waals surface area contributed by atoms with Crippen molar-refractivity contribution >= 4 is 28.2 Å². The van der Waals surface area contributed by atoms with E-state index in [2.05, 4.69) is 5.32 Å². The highest BCUT2D eigenvalue weighted by molar-refractivity contribution is 7.16. The van der Waals surface area contributed by atoms with Crippen molar-refractivity contribution in [3.63, 3.8) is 0 Å². The predicted octanol–water partition coefficient (Wildman–Crippen LogP) is 2.20. The number of amides is 1. The number of anilines is 1. The van der Waals surface area contributed by atoms with Crippen LogP contribution in [0, 0.1) is 0 Å². The first-order valence-corrected chi connectivity index (χ1v) is 7.14. The molecule has 6 heteroatoms. The lowest BCUT2D eigenvalue weighted by atomic mass is 10.2. The Balaban J connectivity index is 2.82. The van der Waals surface area contributed by atoms with Crippen LogP contribution in [-0.2, 0) is 16.0 Å². The first-order valence-electron chi connectivity index (χ1n) is 6.32. The molecule has 0 aromatic carbocycles. The van der Waals surface area contributed by atoms with E-state index in [1.165, 1.54) is 11.3 Å². The summed E-state index contributed by atoms with van der Waals surface area (Å²) in [4.78, 5) is 24.4. The zero-order valence-electron chi connectivity index (χ0n) is 11.2. The van der Waals surface area contributed by atoms with E-state index in [4.69, 9.17) is 9.84 Å². The second kappa shape index (κ2) is 7.91. The van der Waals surface area contributed by atoms with Crippen molar-refractivity contribution in [2.24, 2.45) is 0 Å². The number of rotatable bonds is 7. The number of carbonyl (C=O) groups excluding carboxylic acids is 2. The van der Waals surface area contributed by atoms with Crippen molar-refractivity contribution in [3.8, 4) is 0 Å². The molecule has 1 heterocycles. The maximum Gasteiger partial charge on any atom is 0.341 e. The van der Waals surface area contributed by atoms with Gasteiger partial charge in [0, 0.05) is 17.9 Å². The normalized spacial score (nSPS) is 10.3. The molecule has 0 aliphatic heterocycles. The molecule has 0 fully saturated rings. The van der Waals surface area contributed by atoms with Crippen LogP contribution in [0.1, 0.15) is 41.9 Å². The van der Waals surface area contributed by atoms with Crippen LogP contribution in [0.3, 0.4) is 0 Å². The molecule has 0 aliphatic carbocycles. The summed E-state index contributed by atoms with van der Waals surface area (Å²) in [5, 5.41) is 11.9. The van der Waals surface area contributed by atoms with Crippen molar-refractivity contribution < 1.29 is 19.4 Å². The summed E-state index contributed by atoms with van der Waals surface area (Å²) < 4.78 is 4.97. The highest BCUT2D eigenvalue weighted by Gasteiger charge is 2.18. The molecule has 0 saturated heterocycles. The number of aryl methyl sites for hydroxylation is 1. The summed E-state index contributed by atoms with van der Waals surface area (Å²) in [5.41, 5.74) is 0.404. The fourth-order valence-corrected chi connectivity index (χ4v) is 2.50. The molecule has 1 aromatic heterocycles. The fourth-order valence-electron chi connectivity index (χ4n) is 1.50. The second-order valence-corrected chi connectivity index (χ2v) is 5.04. The minimum Gasteiger partial charge on any atom is -0.462 e. The van der Waals surface area contributed by atoms with Crippen LogP contribution in [0.5, 0.6) is 0 Å². The molecule has 0 aliphatic rings. The molecule has 19 heavy (non-hydrogen) atoms. The van der Waals surface area contributed by atoms with E-state index in [0.29, 0.717) is 23.6 Å². The van der Waals surface area contributed by atoms with E-state index >= 15 is 0 Å². The number of esters is 1. The molecule has 0 spiro atoms. The quantitative estimate of drug-likeness (QED) is 0.753. The standard InChI is InChI=1S/C13H19NO4S/c1-3-9-8-10(13(17)18-4-2)12(19-9)14-11(16)6-5-7-15/h8,15H,3-7H2,1-2H3,(H,14,16). The lowest BCUT2D eigenvalue weighted by Gasteiger charge is -2.05. The molecule has 0 radical (unpaired) electrons. The number of ether oxygens (including phenoxy) is 1. The average molecular weight is 285 g/mol. The zero-order chi connectivity index (χ0) is 14.3. The van der Waals surface area contributed by atoms with Crippen LogP contribution < -0.4 is 5.32 Å². The smallest absolute Gasteiger partial charge is 0.341 e. The van der Waals surface area contributed by atoms with Crippen molar-refractivity contribution in [2.45, 2.75) is 33.1 Å². The van der Waals surface area contributed by atoms with Gasteiger partial charge >= 0.3 is 5.97 Å². The van der Waals surface area contributed by atoms with Gasteiger partial charge in [-0.2, -0.15) is 0 Å². The van der Waals surface area contributed by atoms with Crippen molar-refractivity contribution in [1.82, 2.24) is 0 Å². The molecule has 2 N–H and O–H groups in total. The minimum absolute atomic E-state index is 0.0250. The predicted molar refractivity (Wildman–Crippen MR) is 74.6 cm³/mol. The van der Waals surface area contributed by atoms with Gasteiger partial charge in [-0.25, -0.2) is 4.79 Å². The summed E-state index contributed by atoms with van der Waals surface area (Å²) in [7, 11) is 0. The molecular formula is C13H19NO4S. The van der Waals surface area contributed by atoms with E-state index in [1.807, 2.05) is 6.92 Å². The summed E-state index contributed by atoms with van der Waals surface area (Å²) in [5.74, 6) is -0.625. The largest absolute Gasteiger partial charge is 0.462 e. The lowest BCUT2D eigenvalue weighted by molar-refractivity contribution is -0.116. The maximum absolute atomic E-state index is 11.8. The van der Waals surface area contributed by atoms with Gasteiger partial charge in [0.05, 0.1) is 12.2 Å². The molecule has 0 saturated carbocycles. The monoisotopic (exact) mass is 285 g/mol. The van der Waals surface area contributed by atoms with Gasteiger partial charge in [-0.1, -0.05) is 6.92 Å². The van der Waals surface area contributed by atoms with Crippen molar-refractivity contribution in [3.05, 3.63) is 16.5 Å². The molecule has 1 rings (SSSR count). The molecule has 0 unspecified atom stereocenters. The molecule has 5 nitrogen and oxygen atoms in total. The third-order valence-corrected chi connectivity index (χ3v) is 3.64. The number of aliphatic hydroxyl groups excluding tert-OH is 1. The number of aliphatic hydroxyl groups is 1. The topological polar surface area (TPSA) is 75.6 Å². The molecule has 0 bridgehead atoms. The Bertz CT molecular complexity index is 442. The molecular weight excluding hydrogens is 266 g/mol. The lowest BCUT2D eigenvalue weighted by Crippen LogP contribution is -2.14. The number of hydrogen-bond donors (Lipinski definition) is 2. The highest BCUT2D eigenvalue weighted by atomic mass is 32.1. The van der Waals surface area contributed by atoms with E-state index in [1.54, 1.807) is 13.0 Å². The van der Waals surface area contributed by atoms with Crippen LogP contribution in [0.4, 0.5) is 5.00 Å². The van der Waals surface area contributed by atoms with E-state index in [9.17, 15) is 9.59 Å². The summed E-state index contributed by atoms with van der Waals surface area (Å²) >= 11 is 1.38. The summed E-state index contributed by atoms with van der Waals surface area (Å²) in [6.07, 6.45) is 1.44. The SMILES string of the molecule is CCOC(=O)c1cc(CC)sc1NC(=O)CCCO. The third-order valence-electron chi connectivity index (χ3n) is 2.44. The van der Waals surface area contributed by atoms with Crippen molar-refractivity contribution in [2.75, 3.05) is 18.5 Å². The first kappa shape index (κ1) is 15.7. The minimum atomic E-state index is -0.420. The van der Waals surface area contributed by atoms with Crippen LogP contribution in [-0.4, -0.2) is 30.2 Å². The van der Waals surface area contributed by atoms with E-state index in [0.717, 1.165) is 11.3 Å². The Morgan fingerprint density at radius 1 is 1.42 bits per heavy atom. The van der Waals surface area contributed by atoms with Gasteiger partial charge in [0.1, 0.15) is 5.00 Å². The van der Waals surface area contributed by atoms with Gasteiger partial charge in [0.2, 0.25) is 5.91 Å². The number of nitrogens with one attached hydrogen (secondary N) is 1. The Labute approximate surface area is 116 Å². The Morgan fingerprint density at radius 3 is 2.74 bits per heavy atom. The molecule has 1 aromatic rings. The number of hydrogen-bond acceptors (Lipinski definition) is 5. The van der Waals surface area contributed by atoms with Crippen molar-refractivity contribution in [1.29, 1.82) is 0 Å². The van der Waals surface area contributed by atoms with Gasteiger partial charge in [-0.3, -0.25) is 4.79 Å². The molecule has 106 valence electrons. The van der Waals surface area contributed by atoms with E-state index < -0.39 is 5.97 Å². The zero-order valence-corrected chi connectivity index (χ0v) is 12.0. The van der Waals surface area contributed by atoms with Gasteiger partial charge in [0.15, 0.2) is 0 Å². The summed E-state index contributed by atoms with van der Waals surface area (Å²) in [6.45, 7) is 4.00. The highest BCUT2D eigenvalue weighted by Crippen LogP contribution is 2.29. The third kappa shape index (κ3) is 4.65. The first-order chi connectivity index (χ1) is 9.12. The Kier molecular flexibility index (Phi) is 6.52. The van der Waals surface area contributed by atoms with Gasteiger partial charge in [-0.05, 0) is 25.8 Å². The van der Waals surface area contributed by atoms with E-state index in [-0.39, 0.29) is 18.9 Å². The number of carbonyl (C=O) groups is 2. The van der Waals surface area contributed by atoms with Gasteiger partial charge in [0.25, 0.3) is 0 Å². The maximum atomic E-state index is 11.8. The second-order valence-electron chi connectivity index (χ2n) is 3.90. The summed E-state index contributed by atoms with van der Waals surface area (Å²) in [6, 6.07) is 1.75. The number of thiophene rings is 1. The molecule has 0 atom stereocenters. The Hall–Kier alpha value is -1.40. The van der Waals surface area contributed by atoms with Crippen LogP contribution in [0.15, 0.2) is 6.07 Å². The Morgan fingerprint density at radius 2 is 2.16 bits per heavy atom. The fraction of sp³-hybridized carbons (Fsp3) is 0.538. The van der Waals surface area contributed by atoms with Gasteiger partial charge in [-0.15, -0.1) is 11.3 Å². The van der Waals surface area contributed by atoms with Crippen LogP contribution >= 0.6 is 11.3 Å². The molecule has 1 amide bonds. The van der Waals surface area contributed by atoms with Crippen LogP contribution in [0.2, 0.25) is 0 Å². The van der Waals surface area contributed by atoms with Gasteiger partial charge < -0.3 is 15.2 Å². The average Bonchev–Trinajstić information content (AvgIpc) is 2.79. The van der Waals surface area contributed by atoms with Crippen LogP contribution in [0.25, 0.3) is 0 Å².